The van der Waals surface area contributed by atoms with Crippen LogP contribution in [0.4, 0.5) is 14.5 Å². The summed E-state index contributed by atoms with van der Waals surface area (Å²) in [6.07, 6.45) is 0.519. The summed E-state index contributed by atoms with van der Waals surface area (Å²) in [4.78, 5) is 25.1. The van der Waals surface area contributed by atoms with E-state index < -0.39 is 17.5 Å². The van der Waals surface area contributed by atoms with Crippen LogP contribution in [0.3, 0.4) is 0 Å². The molecule has 25 heavy (non-hydrogen) atoms. The monoisotopic (exact) mass is 346 g/mol. The van der Waals surface area contributed by atoms with E-state index >= 15 is 0 Å². The molecule has 2 aromatic carbocycles. The first kappa shape index (κ1) is 16.9. The number of ether oxygens (including phenoxy) is 1. The SMILES string of the molecule is CN1C(=O)COc2ccc(CCNC(=O)c3ccc(F)c(F)c3)cc21. The molecule has 1 N–H and O–H groups in total. The summed E-state index contributed by atoms with van der Waals surface area (Å²) in [6.45, 7) is 0.336. The molecule has 0 spiro atoms. The number of hydrogen-bond acceptors (Lipinski definition) is 3. The molecule has 0 saturated carbocycles. The third kappa shape index (κ3) is 3.60. The Balaban J connectivity index is 1.61. The highest BCUT2D eigenvalue weighted by Gasteiger charge is 2.22. The summed E-state index contributed by atoms with van der Waals surface area (Å²) >= 11 is 0. The molecular formula is C18H16F2N2O3. The summed E-state index contributed by atoms with van der Waals surface area (Å²) in [5.41, 5.74) is 1.65. The van der Waals surface area contributed by atoms with Crippen LogP contribution in [0, 0.1) is 11.6 Å². The normalized spacial score (nSPS) is 13.2. The van der Waals surface area contributed by atoms with Gasteiger partial charge >= 0.3 is 0 Å². The van der Waals surface area contributed by atoms with Crippen LogP contribution in [0.2, 0.25) is 0 Å². The number of likely N-dealkylation sites (N-methyl/N-ethyl adjacent to an activating group) is 1. The molecule has 0 atom stereocenters. The second kappa shape index (κ2) is 6.88. The molecule has 0 aliphatic carbocycles. The molecule has 5 nitrogen and oxygen atoms in total. The summed E-state index contributed by atoms with van der Waals surface area (Å²) in [5, 5.41) is 2.65. The van der Waals surface area contributed by atoms with Gasteiger partial charge in [-0.15, -0.1) is 0 Å². The van der Waals surface area contributed by atoms with E-state index in [1.54, 1.807) is 13.1 Å². The van der Waals surface area contributed by atoms with Crippen LogP contribution in [0.25, 0.3) is 0 Å². The fourth-order valence-corrected chi connectivity index (χ4v) is 2.53. The average Bonchev–Trinajstić information content (AvgIpc) is 2.61. The Kier molecular flexibility index (Phi) is 4.65. The van der Waals surface area contributed by atoms with Gasteiger partial charge in [-0.05, 0) is 42.3 Å². The quantitative estimate of drug-likeness (QED) is 0.924. The Labute approximate surface area is 143 Å². The molecular weight excluding hydrogens is 330 g/mol. The van der Waals surface area contributed by atoms with Crippen LogP contribution in [-0.4, -0.2) is 32.0 Å². The Morgan fingerprint density at radius 1 is 1.20 bits per heavy atom. The Bertz CT molecular complexity index is 839. The van der Waals surface area contributed by atoms with Crippen LogP contribution in [0.5, 0.6) is 5.75 Å². The molecule has 0 fully saturated rings. The van der Waals surface area contributed by atoms with E-state index in [1.807, 2.05) is 12.1 Å². The summed E-state index contributed by atoms with van der Waals surface area (Å²) < 4.78 is 31.4. The van der Waals surface area contributed by atoms with E-state index in [9.17, 15) is 18.4 Å². The third-order valence-electron chi connectivity index (χ3n) is 3.99. The largest absolute Gasteiger partial charge is 0.482 e. The van der Waals surface area contributed by atoms with E-state index in [2.05, 4.69) is 5.32 Å². The van der Waals surface area contributed by atoms with Crippen molar-refractivity contribution in [2.24, 2.45) is 0 Å². The summed E-state index contributed by atoms with van der Waals surface area (Å²) in [7, 11) is 1.68. The second-order valence-corrected chi connectivity index (χ2v) is 5.68. The van der Waals surface area contributed by atoms with E-state index in [0.29, 0.717) is 24.4 Å². The lowest BCUT2D eigenvalue weighted by atomic mass is 10.1. The van der Waals surface area contributed by atoms with Gasteiger partial charge in [-0.2, -0.15) is 0 Å². The van der Waals surface area contributed by atoms with Crippen molar-refractivity contribution in [1.82, 2.24) is 5.32 Å². The lowest BCUT2D eigenvalue weighted by Gasteiger charge is -2.26. The zero-order valence-electron chi connectivity index (χ0n) is 13.5. The van der Waals surface area contributed by atoms with E-state index in [-0.39, 0.29) is 18.1 Å². The first-order chi connectivity index (χ1) is 12.0. The van der Waals surface area contributed by atoms with Crippen molar-refractivity contribution in [2.75, 3.05) is 25.1 Å². The molecule has 130 valence electrons. The van der Waals surface area contributed by atoms with Gasteiger partial charge in [0.25, 0.3) is 11.8 Å². The highest BCUT2D eigenvalue weighted by molar-refractivity contribution is 5.97. The number of halogens is 2. The van der Waals surface area contributed by atoms with Gasteiger partial charge in [-0.25, -0.2) is 8.78 Å². The maximum absolute atomic E-state index is 13.2. The minimum absolute atomic E-state index is 0.0210. The molecule has 2 aromatic rings. The third-order valence-corrected chi connectivity index (χ3v) is 3.99. The number of fused-ring (bicyclic) bond motifs is 1. The van der Waals surface area contributed by atoms with Gasteiger partial charge in [-0.1, -0.05) is 6.07 Å². The average molecular weight is 346 g/mol. The van der Waals surface area contributed by atoms with Crippen molar-refractivity contribution < 1.29 is 23.1 Å². The number of rotatable bonds is 4. The Morgan fingerprint density at radius 3 is 2.76 bits per heavy atom. The summed E-state index contributed by atoms with van der Waals surface area (Å²) in [6, 6.07) is 8.47. The lowest BCUT2D eigenvalue weighted by Crippen LogP contribution is -2.35. The summed E-state index contributed by atoms with van der Waals surface area (Å²) in [5.74, 6) is -2.03. The fraction of sp³-hybridized carbons (Fsp3) is 0.222. The number of benzene rings is 2. The lowest BCUT2D eigenvalue weighted by molar-refractivity contribution is -0.120. The van der Waals surface area contributed by atoms with Crippen LogP contribution < -0.4 is 15.0 Å². The van der Waals surface area contributed by atoms with Gasteiger partial charge < -0.3 is 15.0 Å². The van der Waals surface area contributed by atoms with Crippen molar-refractivity contribution in [3.05, 3.63) is 59.2 Å². The predicted octanol–water partition coefficient (Wildman–Crippen LogP) is 2.29. The molecule has 0 aromatic heterocycles. The van der Waals surface area contributed by atoms with Crippen molar-refractivity contribution in [2.45, 2.75) is 6.42 Å². The number of carbonyl (C=O) groups is 2. The molecule has 0 saturated heterocycles. The van der Waals surface area contributed by atoms with Gasteiger partial charge in [0.15, 0.2) is 18.2 Å². The van der Waals surface area contributed by atoms with Crippen LogP contribution in [-0.2, 0) is 11.2 Å². The zero-order valence-corrected chi connectivity index (χ0v) is 13.5. The fourth-order valence-electron chi connectivity index (χ4n) is 2.53. The molecule has 1 aliphatic heterocycles. The smallest absolute Gasteiger partial charge is 0.264 e. The minimum atomic E-state index is -1.06. The maximum atomic E-state index is 13.2. The topological polar surface area (TPSA) is 58.6 Å². The van der Waals surface area contributed by atoms with E-state index in [0.717, 1.165) is 17.7 Å². The van der Waals surface area contributed by atoms with Gasteiger partial charge in [0, 0.05) is 19.2 Å². The molecule has 0 unspecified atom stereocenters. The first-order valence-electron chi connectivity index (χ1n) is 7.71. The maximum Gasteiger partial charge on any atom is 0.264 e. The van der Waals surface area contributed by atoms with Crippen LogP contribution in [0.15, 0.2) is 36.4 Å². The minimum Gasteiger partial charge on any atom is -0.482 e. The highest BCUT2D eigenvalue weighted by atomic mass is 19.2. The first-order valence-corrected chi connectivity index (χ1v) is 7.71. The highest BCUT2D eigenvalue weighted by Crippen LogP contribution is 2.31. The number of anilines is 1. The Hall–Kier alpha value is -2.96. The number of amides is 2. The standard InChI is InChI=1S/C18H16F2N2O3/c1-22-15-8-11(2-5-16(15)25-10-17(22)23)6-7-21-18(24)12-3-4-13(19)14(20)9-12/h2-5,8-9H,6-7,10H2,1H3,(H,21,24). The van der Waals surface area contributed by atoms with Gasteiger partial charge in [0.1, 0.15) is 5.75 Å². The predicted molar refractivity (Wildman–Crippen MR) is 87.7 cm³/mol. The Morgan fingerprint density at radius 2 is 2.00 bits per heavy atom. The number of carbonyl (C=O) groups excluding carboxylic acids is 2. The molecule has 1 aliphatic rings. The van der Waals surface area contributed by atoms with E-state index in [1.165, 1.54) is 11.0 Å². The van der Waals surface area contributed by atoms with Crippen molar-refractivity contribution in [3.8, 4) is 5.75 Å². The molecule has 3 rings (SSSR count). The van der Waals surface area contributed by atoms with Gasteiger partial charge in [0.2, 0.25) is 0 Å². The molecule has 7 heteroatoms. The van der Waals surface area contributed by atoms with Crippen molar-refractivity contribution in [3.63, 3.8) is 0 Å². The molecule has 0 bridgehead atoms. The van der Waals surface area contributed by atoms with E-state index in [4.69, 9.17) is 4.74 Å². The van der Waals surface area contributed by atoms with Gasteiger partial charge in [0.05, 0.1) is 5.69 Å². The molecule has 2 amide bonds. The molecule has 1 heterocycles. The van der Waals surface area contributed by atoms with Crippen molar-refractivity contribution in [1.29, 1.82) is 0 Å². The number of nitrogens with zero attached hydrogens (tertiary/aromatic N) is 1. The van der Waals surface area contributed by atoms with Crippen LogP contribution >= 0.6 is 0 Å². The second-order valence-electron chi connectivity index (χ2n) is 5.68. The van der Waals surface area contributed by atoms with Gasteiger partial charge in [-0.3, -0.25) is 9.59 Å². The van der Waals surface area contributed by atoms with Crippen molar-refractivity contribution >= 4 is 17.5 Å². The number of hydrogen-bond donors (Lipinski definition) is 1. The van der Waals surface area contributed by atoms with Crippen LogP contribution in [0.1, 0.15) is 15.9 Å². The number of nitrogens with one attached hydrogen (secondary N) is 1. The zero-order chi connectivity index (χ0) is 18.0. The molecule has 0 radical (unpaired) electrons.